The Balaban J connectivity index is 1.79. The number of para-hydroxylation sites is 2. The number of nitrogens with one attached hydrogen (secondary N) is 2. The fourth-order valence-corrected chi connectivity index (χ4v) is 2.34. The highest BCUT2D eigenvalue weighted by Crippen LogP contribution is 2.25. The number of amides is 2. The van der Waals surface area contributed by atoms with Gasteiger partial charge in [-0.05, 0) is 45.7 Å². The molecular formula is C18H27N5O2. The van der Waals surface area contributed by atoms with E-state index in [2.05, 4.69) is 27.6 Å². The Hall–Kier alpha value is -2.57. The molecule has 2 amide bonds. The summed E-state index contributed by atoms with van der Waals surface area (Å²) in [7, 11) is 0. The first-order chi connectivity index (χ1) is 12.0. The van der Waals surface area contributed by atoms with Crippen LogP contribution >= 0.6 is 0 Å². The maximum absolute atomic E-state index is 12.1. The van der Waals surface area contributed by atoms with E-state index in [1.807, 2.05) is 49.7 Å². The maximum Gasteiger partial charge on any atom is 0.319 e. The van der Waals surface area contributed by atoms with Crippen LogP contribution in [-0.4, -0.2) is 33.4 Å². The largest absolute Gasteiger partial charge is 0.489 e. The van der Waals surface area contributed by atoms with Gasteiger partial charge in [-0.3, -0.25) is 4.68 Å². The number of carbonyl (C=O) groups is 1. The average molecular weight is 345 g/mol. The Bertz CT molecular complexity index is 699. The molecule has 0 aliphatic heterocycles. The van der Waals surface area contributed by atoms with Crippen LogP contribution in [0.1, 0.15) is 38.3 Å². The molecule has 2 rings (SSSR count). The molecule has 7 heteroatoms. The van der Waals surface area contributed by atoms with Crippen molar-refractivity contribution in [2.75, 3.05) is 11.9 Å². The zero-order chi connectivity index (χ0) is 18.2. The van der Waals surface area contributed by atoms with Crippen molar-refractivity contribution in [3.63, 3.8) is 0 Å². The summed E-state index contributed by atoms with van der Waals surface area (Å²) in [5, 5.41) is 10.0. The van der Waals surface area contributed by atoms with E-state index in [4.69, 9.17) is 4.74 Å². The number of benzene rings is 1. The third kappa shape index (κ3) is 5.77. The molecule has 0 fully saturated rings. The van der Waals surface area contributed by atoms with Crippen molar-refractivity contribution in [3.8, 4) is 5.75 Å². The van der Waals surface area contributed by atoms with E-state index in [9.17, 15) is 4.79 Å². The third-order valence-corrected chi connectivity index (χ3v) is 3.83. The van der Waals surface area contributed by atoms with Crippen LogP contribution in [0.5, 0.6) is 5.75 Å². The standard InChI is InChI=1S/C18H27N5O2/c1-5-13(2)25-17-10-7-6-9-16(17)21-18(24)19-11-8-12-23-15(4)20-14(3)22-23/h6-7,9-10,13H,5,8,11-12H2,1-4H3,(H2,19,21,24)/t13-/m0/s1. The van der Waals surface area contributed by atoms with E-state index in [1.54, 1.807) is 0 Å². The van der Waals surface area contributed by atoms with Crippen LogP contribution in [0.2, 0.25) is 0 Å². The molecule has 0 unspecified atom stereocenters. The molecule has 0 aliphatic rings. The minimum Gasteiger partial charge on any atom is -0.489 e. The summed E-state index contributed by atoms with van der Waals surface area (Å²) in [4.78, 5) is 16.3. The molecule has 0 saturated carbocycles. The van der Waals surface area contributed by atoms with E-state index in [0.29, 0.717) is 18.0 Å². The van der Waals surface area contributed by atoms with Crippen molar-refractivity contribution in [3.05, 3.63) is 35.9 Å². The zero-order valence-electron chi connectivity index (χ0n) is 15.4. The summed E-state index contributed by atoms with van der Waals surface area (Å²) in [6.07, 6.45) is 1.78. The third-order valence-electron chi connectivity index (χ3n) is 3.83. The van der Waals surface area contributed by atoms with Gasteiger partial charge in [0.15, 0.2) is 0 Å². The first-order valence-corrected chi connectivity index (χ1v) is 8.68. The van der Waals surface area contributed by atoms with Gasteiger partial charge >= 0.3 is 6.03 Å². The zero-order valence-corrected chi connectivity index (χ0v) is 15.4. The number of aromatic nitrogens is 3. The lowest BCUT2D eigenvalue weighted by Gasteiger charge is -2.16. The quantitative estimate of drug-likeness (QED) is 0.720. The van der Waals surface area contributed by atoms with Gasteiger partial charge in [0.05, 0.1) is 11.8 Å². The second-order valence-corrected chi connectivity index (χ2v) is 6.00. The molecule has 0 spiro atoms. The van der Waals surface area contributed by atoms with Gasteiger partial charge in [0.2, 0.25) is 0 Å². The minimum absolute atomic E-state index is 0.0976. The van der Waals surface area contributed by atoms with Gasteiger partial charge in [-0.1, -0.05) is 19.1 Å². The summed E-state index contributed by atoms with van der Waals surface area (Å²) in [5.41, 5.74) is 0.669. The van der Waals surface area contributed by atoms with Gasteiger partial charge in [0.25, 0.3) is 0 Å². The van der Waals surface area contributed by atoms with E-state index in [1.165, 1.54) is 0 Å². The van der Waals surface area contributed by atoms with Gasteiger partial charge in [0.1, 0.15) is 17.4 Å². The van der Waals surface area contributed by atoms with Gasteiger partial charge in [0, 0.05) is 13.1 Å². The Morgan fingerprint density at radius 2 is 2.08 bits per heavy atom. The van der Waals surface area contributed by atoms with Crippen molar-refractivity contribution in [2.45, 2.75) is 53.2 Å². The van der Waals surface area contributed by atoms with Crippen LogP contribution in [-0.2, 0) is 6.54 Å². The van der Waals surface area contributed by atoms with Crippen LogP contribution in [0.3, 0.4) is 0 Å². The fraction of sp³-hybridized carbons (Fsp3) is 0.500. The molecule has 0 saturated heterocycles. The summed E-state index contributed by atoms with van der Waals surface area (Å²) in [6, 6.07) is 7.21. The monoisotopic (exact) mass is 345 g/mol. The van der Waals surface area contributed by atoms with E-state index in [-0.39, 0.29) is 12.1 Å². The highest BCUT2D eigenvalue weighted by atomic mass is 16.5. The summed E-state index contributed by atoms with van der Waals surface area (Å²) in [5.74, 6) is 2.33. The van der Waals surface area contributed by atoms with Crippen LogP contribution in [0.15, 0.2) is 24.3 Å². The number of anilines is 1. The molecule has 25 heavy (non-hydrogen) atoms. The van der Waals surface area contributed by atoms with Crippen LogP contribution in [0, 0.1) is 13.8 Å². The fourth-order valence-electron chi connectivity index (χ4n) is 2.34. The van der Waals surface area contributed by atoms with Crippen molar-refractivity contribution in [1.29, 1.82) is 0 Å². The Morgan fingerprint density at radius 3 is 2.76 bits per heavy atom. The van der Waals surface area contributed by atoms with E-state index < -0.39 is 0 Å². The van der Waals surface area contributed by atoms with Crippen molar-refractivity contribution < 1.29 is 9.53 Å². The maximum atomic E-state index is 12.1. The number of urea groups is 1. The smallest absolute Gasteiger partial charge is 0.319 e. The lowest BCUT2D eigenvalue weighted by Crippen LogP contribution is -2.30. The molecule has 0 bridgehead atoms. The first-order valence-electron chi connectivity index (χ1n) is 8.68. The average Bonchev–Trinajstić information content (AvgIpc) is 2.90. The van der Waals surface area contributed by atoms with Gasteiger partial charge in [-0.25, -0.2) is 9.78 Å². The SMILES string of the molecule is CC[C@H](C)Oc1ccccc1NC(=O)NCCCn1nc(C)nc1C. The number of hydrogen-bond acceptors (Lipinski definition) is 4. The number of nitrogens with zero attached hydrogens (tertiary/aromatic N) is 3. The lowest BCUT2D eigenvalue weighted by atomic mass is 10.2. The van der Waals surface area contributed by atoms with Crippen molar-refractivity contribution in [1.82, 2.24) is 20.1 Å². The molecule has 2 N–H and O–H groups in total. The lowest BCUT2D eigenvalue weighted by molar-refractivity contribution is 0.218. The van der Waals surface area contributed by atoms with E-state index >= 15 is 0 Å². The summed E-state index contributed by atoms with van der Waals surface area (Å²) >= 11 is 0. The van der Waals surface area contributed by atoms with Crippen LogP contribution < -0.4 is 15.4 Å². The molecule has 7 nitrogen and oxygen atoms in total. The first kappa shape index (κ1) is 18.8. The number of rotatable bonds is 8. The molecule has 1 aromatic carbocycles. The minimum atomic E-state index is -0.244. The van der Waals surface area contributed by atoms with Crippen LogP contribution in [0.25, 0.3) is 0 Å². The normalized spacial score (nSPS) is 11.8. The molecule has 2 aromatic rings. The molecule has 1 atom stereocenters. The molecule has 1 heterocycles. The van der Waals surface area contributed by atoms with E-state index in [0.717, 1.165) is 31.0 Å². The number of hydrogen-bond donors (Lipinski definition) is 2. The van der Waals surface area contributed by atoms with Crippen molar-refractivity contribution in [2.24, 2.45) is 0 Å². The highest BCUT2D eigenvalue weighted by molar-refractivity contribution is 5.90. The molecule has 0 aliphatic carbocycles. The summed E-state index contributed by atoms with van der Waals surface area (Å²) < 4.78 is 7.68. The Labute approximate surface area is 148 Å². The van der Waals surface area contributed by atoms with Gasteiger partial charge in [-0.2, -0.15) is 5.10 Å². The topological polar surface area (TPSA) is 81.1 Å². The van der Waals surface area contributed by atoms with Crippen LogP contribution in [0.4, 0.5) is 10.5 Å². The second kappa shape index (κ2) is 9.05. The predicted octanol–water partition coefficient (Wildman–Crippen LogP) is 3.28. The number of ether oxygens (including phenoxy) is 1. The molecule has 136 valence electrons. The molecule has 0 radical (unpaired) electrons. The van der Waals surface area contributed by atoms with Gasteiger partial charge in [-0.15, -0.1) is 0 Å². The molecular weight excluding hydrogens is 318 g/mol. The number of aryl methyl sites for hydroxylation is 3. The summed E-state index contributed by atoms with van der Waals surface area (Å²) in [6.45, 7) is 9.14. The Morgan fingerprint density at radius 1 is 1.32 bits per heavy atom. The Kier molecular flexibility index (Phi) is 6.80. The second-order valence-electron chi connectivity index (χ2n) is 6.00. The number of carbonyl (C=O) groups excluding carboxylic acids is 1. The predicted molar refractivity (Wildman–Crippen MR) is 98.0 cm³/mol. The highest BCUT2D eigenvalue weighted by Gasteiger charge is 2.09. The molecule has 1 aromatic heterocycles. The van der Waals surface area contributed by atoms with Gasteiger partial charge < -0.3 is 15.4 Å². The van der Waals surface area contributed by atoms with Crippen molar-refractivity contribution >= 4 is 11.7 Å².